The molecular formula is C16H33N3. The fraction of sp³-hybridized carbons (Fsp3) is 0.750. The van der Waals surface area contributed by atoms with Crippen molar-refractivity contribution in [1.82, 2.24) is 15.3 Å². The van der Waals surface area contributed by atoms with Crippen LogP contribution in [-0.4, -0.2) is 23.1 Å². The van der Waals surface area contributed by atoms with E-state index in [1.54, 1.807) is 6.20 Å². The lowest BCUT2D eigenvalue weighted by atomic mass is 9.94. The van der Waals surface area contributed by atoms with Crippen LogP contribution in [0.5, 0.6) is 0 Å². The van der Waals surface area contributed by atoms with Gasteiger partial charge in [-0.05, 0) is 33.2 Å². The van der Waals surface area contributed by atoms with Gasteiger partial charge in [0.25, 0.3) is 0 Å². The first-order valence-electron chi connectivity index (χ1n) is 7.71. The molecule has 0 spiro atoms. The Morgan fingerprint density at radius 2 is 1.68 bits per heavy atom. The Hall–Kier alpha value is -0.960. The molecule has 1 fully saturated rings. The minimum atomic E-state index is 0.866. The van der Waals surface area contributed by atoms with Crippen molar-refractivity contribution in [1.29, 1.82) is 0 Å². The summed E-state index contributed by atoms with van der Waals surface area (Å²) < 4.78 is 0. The van der Waals surface area contributed by atoms with Crippen molar-refractivity contribution >= 4 is 0 Å². The second kappa shape index (κ2) is 15.1. The van der Waals surface area contributed by atoms with E-state index in [0.717, 1.165) is 23.9 Å². The van der Waals surface area contributed by atoms with E-state index in [9.17, 15) is 0 Å². The largest absolute Gasteiger partial charge is 0.317 e. The van der Waals surface area contributed by atoms with Crippen LogP contribution in [0.4, 0.5) is 0 Å². The number of hydrogen-bond donors (Lipinski definition) is 1. The van der Waals surface area contributed by atoms with Gasteiger partial charge in [0, 0.05) is 18.4 Å². The molecule has 0 bridgehead atoms. The van der Waals surface area contributed by atoms with Crippen LogP contribution >= 0.6 is 0 Å². The van der Waals surface area contributed by atoms with Crippen molar-refractivity contribution in [2.24, 2.45) is 0 Å². The number of rotatable bonds is 2. The van der Waals surface area contributed by atoms with Crippen molar-refractivity contribution in [2.75, 3.05) is 7.05 Å². The highest BCUT2D eigenvalue weighted by Gasteiger charge is 2.13. The molecule has 0 radical (unpaired) electrons. The minimum absolute atomic E-state index is 0.866. The molecule has 0 amide bonds. The highest BCUT2D eigenvalue weighted by atomic mass is 14.9. The van der Waals surface area contributed by atoms with Crippen LogP contribution in [0.3, 0.4) is 0 Å². The van der Waals surface area contributed by atoms with Gasteiger partial charge in [0.05, 0.1) is 11.4 Å². The third-order valence-corrected chi connectivity index (χ3v) is 2.71. The summed E-state index contributed by atoms with van der Waals surface area (Å²) >= 11 is 0. The molecule has 1 aliphatic rings. The predicted octanol–water partition coefficient (Wildman–Crippen LogP) is 4.16. The van der Waals surface area contributed by atoms with Gasteiger partial charge in [-0.2, -0.15) is 0 Å². The van der Waals surface area contributed by atoms with Gasteiger partial charge in [-0.1, -0.05) is 41.0 Å². The number of aromatic nitrogens is 2. The molecule has 1 heterocycles. The quantitative estimate of drug-likeness (QED) is 0.874. The first-order valence-corrected chi connectivity index (χ1v) is 7.71. The smallest absolute Gasteiger partial charge is 0.0584 e. The van der Waals surface area contributed by atoms with Crippen LogP contribution in [0.25, 0.3) is 0 Å². The Morgan fingerprint density at radius 3 is 1.89 bits per heavy atom. The van der Waals surface area contributed by atoms with E-state index < -0.39 is 0 Å². The Kier molecular flexibility index (Phi) is 16.2. The molecule has 0 aliphatic heterocycles. The molecule has 19 heavy (non-hydrogen) atoms. The summed E-state index contributed by atoms with van der Waals surface area (Å²) in [4.78, 5) is 8.22. The normalized spacial score (nSPS) is 12.6. The zero-order chi connectivity index (χ0) is 15.1. The van der Waals surface area contributed by atoms with Crippen LogP contribution in [-0.2, 0) is 6.42 Å². The van der Waals surface area contributed by atoms with Crippen molar-refractivity contribution < 1.29 is 0 Å². The van der Waals surface area contributed by atoms with E-state index in [-0.39, 0.29) is 0 Å². The Bertz CT molecular complexity index is 263. The summed E-state index contributed by atoms with van der Waals surface area (Å²) in [6.45, 7) is 12.0. The third kappa shape index (κ3) is 10.6. The maximum atomic E-state index is 4.13. The average Bonchev–Trinajstić information content (AvgIpc) is 2.44. The van der Waals surface area contributed by atoms with Gasteiger partial charge in [0.15, 0.2) is 0 Å². The molecule has 112 valence electrons. The van der Waals surface area contributed by atoms with Crippen LogP contribution in [0.2, 0.25) is 0 Å². The lowest BCUT2D eigenvalue weighted by Crippen LogP contribution is -2.31. The Morgan fingerprint density at radius 1 is 1.11 bits per heavy atom. The van der Waals surface area contributed by atoms with Gasteiger partial charge in [-0.15, -0.1) is 0 Å². The van der Waals surface area contributed by atoms with E-state index in [4.69, 9.17) is 0 Å². The monoisotopic (exact) mass is 267 g/mol. The van der Waals surface area contributed by atoms with Gasteiger partial charge < -0.3 is 5.32 Å². The van der Waals surface area contributed by atoms with Crippen LogP contribution in [0.15, 0.2) is 12.4 Å². The highest BCUT2D eigenvalue weighted by Crippen LogP contribution is 2.16. The Balaban J connectivity index is 0. The second-order valence-electron chi connectivity index (χ2n) is 3.92. The zero-order valence-corrected chi connectivity index (χ0v) is 14.0. The van der Waals surface area contributed by atoms with Crippen molar-refractivity contribution in [3.63, 3.8) is 0 Å². The topological polar surface area (TPSA) is 37.8 Å². The molecule has 3 heteroatoms. The van der Waals surface area contributed by atoms with E-state index in [2.05, 4.69) is 22.2 Å². The van der Waals surface area contributed by atoms with Crippen LogP contribution in [0.1, 0.15) is 65.3 Å². The van der Waals surface area contributed by atoms with Crippen LogP contribution < -0.4 is 5.32 Å². The molecule has 1 aromatic rings. The van der Waals surface area contributed by atoms with Gasteiger partial charge in [0.1, 0.15) is 0 Å². The van der Waals surface area contributed by atoms with Gasteiger partial charge in [-0.25, -0.2) is 0 Å². The van der Waals surface area contributed by atoms with E-state index in [0.29, 0.717) is 0 Å². The average molecular weight is 267 g/mol. The summed E-state index contributed by atoms with van der Waals surface area (Å²) in [6, 6.07) is 0.866. The molecule has 1 saturated carbocycles. The van der Waals surface area contributed by atoms with Gasteiger partial charge in [-0.3, -0.25) is 9.97 Å². The first-order chi connectivity index (χ1) is 9.26. The molecule has 0 saturated heterocycles. The molecular weight excluding hydrogens is 234 g/mol. The van der Waals surface area contributed by atoms with Gasteiger partial charge >= 0.3 is 0 Å². The second-order valence-corrected chi connectivity index (χ2v) is 3.92. The molecule has 0 aromatic carbocycles. The molecule has 0 atom stereocenters. The molecule has 1 N–H and O–H groups in total. The number of hydrogen-bond acceptors (Lipinski definition) is 3. The first kappa shape index (κ1) is 20.4. The fourth-order valence-electron chi connectivity index (χ4n) is 1.30. The third-order valence-electron chi connectivity index (χ3n) is 2.71. The van der Waals surface area contributed by atoms with Crippen molar-refractivity contribution in [2.45, 2.75) is 73.3 Å². The van der Waals surface area contributed by atoms with Crippen molar-refractivity contribution in [3.05, 3.63) is 23.8 Å². The number of nitrogens with zero attached hydrogens (tertiary/aromatic N) is 2. The van der Waals surface area contributed by atoms with E-state index >= 15 is 0 Å². The molecule has 3 nitrogen and oxygen atoms in total. The van der Waals surface area contributed by atoms with Gasteiger partial charge in [0.2, 0.25) is 0 Å². The lowest BCUT2D eigenvalue weighted by molar-refractivity contribution is 0.361. The fourth-order valence-corrected chi connectivity index (χ4v) is 1.30. The highest BCUT2D eigenvalue weighted by molar-refractivity contribution is 4.99. The summed E-state index contributed by atoms with van der Waals surface area (Å²) in [5, 5.41) is 3.20. The maximum Gasteiger partial charge on any atom is 0.0584 e. The SMILES string of the molecule is CC.CC.CCc1cnc(C)cn1.CNC1CCC1. The number of aryl methyl sites for hydroxylation is 2. The number of nitrogens with one attached hydrogen (secondary N) is 1. The molecule has 1 aromatic heterocycles. The standard InChI is InChI=1S/C7H10N2.C5H11N.2C2H6/c1-3-7-5-8-6(2)4-9-7;1-6-5-3-2-4-5;2*1-2/h4-5H,3H2,1-2H3;5-6H,2-4H2,1H3;2*1-2H3. The van der Waals surface area contributed by atoms with E-state index in [1.807, 2.05) is 47.9 Å². The summed E-state index contributed by atoms with van der Waals surface area (Å²) in [6.07, 6.45) is 8.81. The van der Waals surface area contributed by atoms with E-state index in [1.165, 1.54) is 19.3 Å². The predicted molar refractivity (Wildman–Crippen MR) is 85.5 cm³/mol. The van der Waals surface area contributed by atoms with Crippen LogP contribution in [0, 0.1) is 6.92 Å². The Labute approximate surface area is 120 Å². The summed E-state index contributed by atoms with van der Waals surface area (Å²) in [5.74, 6) is 0. The summed E-state index contributed by atoms with van der Waals surface area (Å²) in [5.41, 5.74) is 2.04. The molecule has 0 unspecified atom stereocenters. The van der Waals surface area contributed by atoms with Crippen molar-refractivity contribution in [3.8, 4) is 0 Å². The summed E-state index contributed by atoms with van der Waals surface area (Å²) in [7, 11) is 2.03. The molecule has 1 aliphatic carbocycles. The lowest BCUT2D eigenvalue weighted by Gasteiger charge is -2.23. The molecule has 2 rings (SSSR count). The maximum absolute atomic E-state index is 4.13. The zero-order valence-electron chi connectivity index (χ0n) is 14.0. The minimum Gasteiger partial charge on any atom is -0.317 e.